The summed E-state index contributed by atoms with van der Waals surface area (Å²) < 4.78 is 29.1. The molecule has 0 saturated heterocycles. The quantitative estimate of drug-likeness (QED) is 0.116. The molecule has 0 fully saturated rings. The number of pyridine rings is 3. The summed E-state index contributed by atoms with van der Waals surface area (Å²) in [6.07, 6.45) is 5.99. The highest BCUT2D eigenvalue weighted by Crippen LogP contribution is 2.34. The lowest BCUT2D eigenvalue weighted by molar-refractivity contribution is 0.0692. The van der Waals surface area contributed by atoms with Crippen LogP contribution in [0.15, 0.2) is 47.7 Å². The number of aromatic nitrogens is 3. The Morgan fingerprint density at radius 3 is 2.30 bits per heavy atom. The van der Waals surface area contributed by atoms with Crippen molar-refractivity contribution in [2.75, 3.05) is 47.3 Å². The molecule has 0 saturated carbocycles. The number of aromatic carboxylic acids is 1. The summed E-state index contributed by atoms with van der Waals surface area (Å²) >= 11 is 8.22. The molecule has 3 heterocycles. The number of carboxylic acids is 1. The molecular formula is C30H39ClIN3O9. The molecule has 0 bridgehead atoms. The van der Waals surface area contributed by atoms with Crippen LogP contribution < -0.4 is 19.6 Å². The molecule has 0 aliphatic carbocycles. The molecule has 242 valence electrons. The van der Waals surface area contributed by atoms with E-state index in [1.54, 1.807) is 49.4 Å². The smallest absolute Gasteiger partial charge is 0.341 e. The number of nitrogens with zero attached hydrogens (tertiary/aromatic N) is 3. The number of halogens is 2. The van der Waals surface area contributed by atoms with Gasteiger partial charge < -0.3 is 38.5 Å². The summed E-state index contributed by atoms with van der Waals surface area (Å²) in [5, 5.41) is 18.8. The first-order valence-corrected chi connectivity index (χ1v) is 15.2. The normalized spacial score (nSPS) is 11.7. The van der Waals surface area contributed by atoms with Gasteiger partial charge in [0.2, 0.25) is 0 Å². The van der Waals surface area contributed by atoms with Crippen molar-refractivity contribution in [1.82, 2.24) is 14.5 Å². The van der Waals surface area contributed by atoms with Gasteiger partial charge in [0.05, 0.1) is 19.3 Å². The Hall–Kier alpha value is -3.14. The first kappa shape index (κ1) is 37.0. The second-order valence-corrected chi connectivity index (χ2v) is 11.8. The number of methoxy groups -OCH3 is 2. The third kappa shape index (κ3) is 12.1. The van der Waals surface area contributed by atoms with Crippen molar-refractivity contribution < 1.29 is 38.7 Å². The van der Waals surface area contributed by atoms with Crippen LogP contribution in [-0.4, -0.2) is 78.0 Å². The van der Waals surface area contributed by atoms with Crippen molar-refractivity contribution in [3.63, 3.8) is 0 Å². The van der Waals surface area contributed by atoms with E-state index in [0.29, 0.717) is 48.0 Å². The first-order chi connectivity index (χ1) is 20.9. The minimum Gasteiger partial charge on any atom is -0.503 e. The van der Waals surface area contributed by atoms with E-state index >= 15 is 0 Å². The number of aromatic hydroxyl groups is 1. The standard InChI is InChI=1S/C21H26ClIN2O6.C9H13NO3/c1-21(2,3)17(25-7-6-14(26)13(11-25)20(27)28)12-31-16-10-15(18(22)24-19(16)23)30-9-5-8-29-4;1-12-6-3-7-13-9-8(11)4-2-5-10-9/h6-7,10-11,17H,5,8-9,12H2,1-4H3,(H,27,28);2,4-5,11H,3,6-7H2,1H3. The highest BCUT2D eigenvalue weighted by atomic mass is 127. The number of hydrogen-bond donors (Lipinski definition) is 2. The summed E-state index contributed by atoms with van der Waals surface area (Å²) in [5.41, 5.74) is -1.12. The summed E-state index contributed by atoms with van der Waals surface area (Å²) in [5.74, 6) is -0.00401. The van der Waals surface area contributed by atoms with Gasteiger partial charge in [-0.15, -0.1) is 0 Å². The van der Waals surface area contributed by atoms with Gasteiger partial charge in [-0.2, -0.15) is 0 Å². The third-order valence-corrected chi connectivity index (χ3v) is 7.07. The van der Waals surface area contributed by atoms with Gasteiger partial charge in [-0.25, -0.2) is 14.8 Å². The SMILES string of the molecule is COCCCOc1cc(OCC(n2ccc(=O)c(C(=O)O)c2)C(C)(C)C)c(I)nc1Cl.COCCCOc1ncccc1O. The van der Waals surface area contributed by atoms with Gasteiger partial charge >= 0.3 is 5.97 Å². The number of hydrogen-bond acceptors (Lipinski definition) is 10. The van der Waals surface area contributed by atoms with Crippen LogP contribution in [0.25, 0.3) is 0 Å². The predicted molar refractivity (Wildman–Crippen MR) is 173 cm³/mol. The molecule has 12 nitrogen and oxygen atoms in total. The van der Waals surface area contributed by atoms with Gasteiger partial charge in [0.15, 0.2) is 27.8 Å². The molecule has 3 aromatic heterocycles. The molecule has 0 aliphatic rings. The monoisotopic (exact) mass is 747 g/mol. The molecule has 14 heteroatoms. The van der Waals surface area contributed by atoms with E-state index < -0.39 is 11.4 Å². The average molecular weight is 748 g/mol. The van der Waals surface area contributed by atoms with Crippen molar-refractivity contribution in [2.24, 2.45) is 5.41 Å². The van der Waals surface area contributed by atoms with Crippen LogP contribution in [0.5, 0.6) is 23.1 Å². The van der Waals surface area contributed by atoms with Gasteiger partial charge in [-0.1, -0.05) is 32.4 Å². The fourth-order valence-corrected chi connectivity index (χ4v) is 4.58. The second-order valence-electron chi connectivity index (χ2n) is 10.5. The van der Waals surface area contributed by atoms with Crippen LogP contribution in [0.4, 0.5) is 0 Å². The minimum atomic E-state index is -1.26. The Morgan fingerprint density at radius 1 is 1.05 bits per heavy atom. The topological polar surface area (TPSA) is 151 Å². The van der Waals surface area contributed by atoms with E-state index in [4.69, 9.17) is 35.3 Å². The Kier molecular flexibility index (Phi) is 15.7. The van der Waals surface area contributed by atoms with Crippen LogP contribution in [0.2, 0.25) is 5.15 Å². The third-order valence-electron chi connectivity index (χ3n) is 6.03. The lowest BCUT2D eigenvalue weighted by Crippen LogP contribution is -2.31. The molecule has 0 aromatic carbocycles. The molecule has 2 N–H and O–H groups in total. The maximum atomic E-state index is 11.8. The van der Waals surface area contributed by atoms with Gasteiger partial charge in [-0.05, 0) is 40.1 Å². The molecule has 0 aliphatic heterocycles. The number of ether oxygens (including phenoxy) is 5. The van der Waals surface area contributed by atoms with Gasteiger partial charge in [0, 0.05) is 71.0 Å². The summed E-state index contributed by atoms with van der Waals surface area (Å²) in [7, 11) is 3.26. The first-order valence-electron chi connectivity index (χ1n) is 13.7. The van der Waals surface area contributed by atoms with Gasteiger partial charge in [-0.3, -0.25) is 4.79 Å². The lowest BCUT2D eigenvalue weighted by Gasteiger charge is -2.33. The van der Waals surface area contributed by atoms with Crippen molar-refractivity contribution in [1.29, 1.82) is 0 Å². The predicted octanol–water partition coefficient (Wildman–Crippen LogP) is 5.48. The van der Waals surface area contributed by atoms with E-state index in [9.17, 15) is 19.8 Å². The molecule has 0 amide bonds. The van der Waals surface area contributed by atoms with Crippen molar-refractivity contribution in [3.8, 4) is 23.1 Å². The zero-order valence-electron chi connectivity index (χ0n) is 25.4. The average Bonchev–Trinajstić information content (AvgIpc) is 2.96. The zero-order valence-corrected chi connectivity index (χ0v) is 28.3. The van der Waals surface area contributed by atoms with Crippen LogP contribution in [-0.2, 0) is 9.47 Å². The molecule has 0 radical (unpaired) electrons. The molecule has 1 unspecified atom stereocenters. The van der Waals surface area contributed by atoms with Crippen molar-refractivity contribution in [2.45, 2.75) is 39.7 Å². The Balaban J connectivity index is 0.000000432. The van der Waals surface area contributed by atoms with Gasteiger partial charge in [0.25, 0.3) is 5.88 Å². The van der Waals surface area contributed by atoms with E-state index in [-0.39, 0.29) is 40.4 Å². The molecule has 3 rings (SSSR count). The fraction of sp³-hybridized carbons (Fsp3) is 0.467. The summed E-state index contributed by atoms with van der Waals surface area (Å²) in [6, 6.07) is 5.87. The van der Waals surface area contributed by atoms with Crippen molar-refractivity contribution in [3.05, 3.63) is 67.5 Å². The molecule has 0 spiro atoms. The fourth-order valence-electron chi connectivity index (χ4n) is 3.69. The van der Waals surface area contributed by atoms with Crippen LogP contribution in [0.3, 0.4) is 0 Å². The highest BCUT2D eigenvalue weighted by molar-refractivity contribution is 14.1. The van der Waals surface area contributed by atoms with E-state index in [2.05, 4.69) is 9.97 Å². The molecule has 3 aromatic rings. The van der Waals surface area contributed by atoms with Crippen LogP contribution >= 0.6 is 34.2 Å². The van der Waals surface area contributed by atoms with Crippen LogP contribution in [0, 0.1) is 9.12 Å². The van der Waals surface area contributed by atoms with E-state index in [0.717, 1.165) is 6.42 Å². The Morgan fingerprint density at radius 2 is 1.70 bits per heavy atom. The largest absolute Gasteiger partial charge is 0.503 e. The summed E-state index contributed by atoms with van der Waals surface area (Å²) in [4.78, 5) is 31.4. The Labute approximate surface area is 275 Å². The van der Waals surface area contributed by atoms with Crippen molar-refractivity contribution >= 4 is 40.2 Å². The zero-order chi connectivity index (χ0) is 32.7. The summed E-state index contributed by atoms with van der Waals surface area (Å²) in [6.45, 7) is 8.39. The minimum absolute atomic E-state index is 0.0694. The number of carbonyl (C=O) groups is 1. The molecule has 44 heavy (non-hydrogen) atoms. The van der Waals surface area contributed by atoms with Gasteiger partial charge in [0.1, 0.15) is 15.9 Å². The molecule has 1 atom stereocenters. The van der Waals surface area contributed by atoms with E-state index in [1.807, 2.05) is 43.4 Å². The number of carboxylic acid groups (broad SMARTS) is 1. The van der Waals surface area contributed by atoms with Crippen LogP contribution in [0.1, 0.15) is 50.0 Å². The molecular weight excluding hydrogens is 709 g/mol. The lowest BCUT2D eigenvalue weighted by atomic mass is 9.87. The Bertz CT molecular complexity index is 1400. The maximum absolute atomic E-state index is 11.8. The van der Waals surface area contributed by atoms with E-state index in [1.165, 1.54) is 12.3 Å². The second kappa shape index (κ2) is 18.6. The maximum Gasteiger partial charge on any atom is 0.341 e. The number of rotatable bonds is 15. The highest BCUT2D eigenvalue weighted by Gasteiger charge is 2.28.